The summed E-state index contributed by atoms with van der Waals surface area (Å²) in [6.07, 6.45) is 1.68. The molecule has 0 saturated carbocycles. The molecule has 5 heteroatoms. The number of aliphatic carboxylic acids is 1. The van der Waals surface area contributed by atoms with E-state index in [1.165, 1.54) is 0 Å². The number of carbonyl (C=O) groups is 2. The van der Waals surface area contributed by atoms with Gasteiger partial charge in [0.25, 0.3) is 0 Å². The Balaban J connectivity index is 2.61. The first kappa shape index (κ1) is 14.0. The van der Waals surface area contributed by atoms with Crippen molar-refractivity contribution in [1.82, 2.24) is 10.6 Å². The summed E-state index contributed by atoms with van der Waals surface area (Å²) in [6, 6.07) is -1.04. The molecule has 4 atom stereocenters. The topological polar surface area (TPSA) is 78.4 Å². The van der Waals surface area contributed by atoms with Crippen LogP contribution in [0.5, 0.6) is 0 Å². The second-order valence-electron chi connectivity index (χ2n) is 4.91. The van der Waals surface area contributed by atoms with Gasteiger partial charge < -0.3 is 15.7 Å². The first-order valence-corrected chi connectivity index (χ1v) is 6.24. The highest BCUT2D eigenvalue weighted by Crippen LogP contribution is 2.15. The van der Waals surface area contributed by atoms with Crippen LogP contribution in [-0.2, 0) is 9.59 Å². The van der Waals surface area contributed by atoms with E-state index in [1.807, 2.05) is 20.8 Å². The molecular weight excluding hydrogens is 220 g/mol. The normalized spacial score (nSPS) is 27.5. The maximum atomic E-state index is 12.0. The minimum absolute atomic E-state index is 0.0619. The fourth-order valence-corrected chi connectivity index (χ4v) is 2.11. The molecule has 1 aliphatic rings. The number of rotatable bonds is 5. The average molecular weight is 242 g/mol. The van der Waals surface area contributed by atoms with E-state index in [0.717, 1.165) is 19.4 Å². The molecule has 0 radical (unpaired) electrons. The third kappa shape index (κ3) is 3.43. The van der Waals surface area contributed by atoms with Gasteiger partial charge in [0.1, 0.15) is 6.04 Å². The quantitative estimate of drug-likeness (QED) is 0.659. The van der Waals surface area contributed by atoms with Crippen molar-refractivity contribution in [2.75, 3.05) is 6.54 Å². The zero-order chi connectivity index (χ0) is 13.0. The molecule has 2 unspecified atom stereocenters. The molecule has 0 aliphatic carbocycles. The number of hydrogen-bond acceptors (Lipinski definition) is 3. The molecule has 0 aromatic carbocycles. The Hall–Kier alpha value is -1.10. The summed E-state index contributed by atoms with van der Waals surface area (Å²) >= 11 is 0. The Morgan fingerprint density at radius 2 is 2.18 bits per heavy atom. The van der Waals surface area contributed by atoms with Gasteiger partial charge in [0, 0.05) is 0 Å². The highest BCUT2D eigenvalue weighted by atomic mass is 16.4. The van der Waals surface area contributed by atoms with Crippen LogP contribution in [0.4, 0.5) is 0 Å². The van der Waals surface area contributed by atoms with Crippen LogP contribution in [0.15, 0.2) is 0 Å². The van der Waals surface area contributed by atoms with Crippen LogP contribution in [0, 0.1) is 11.8 Å². The summed E-state index contributed by atoms with van der Waals surface area (Å²) in [7, 11) is 0. The highest BCUT2D eigenvalue weighted by molar-refractivity contribution is 5.87. The van der Waals surface area contributed by atoms with Gasteiger partial charge in [0.15, 0.2) is 0 Å². The van der Waals surface area contributed by atoms with Crippen LogP contribution in [-0.4, -0.2) is 35.6 Å². The predicted octanol–water partition coefficient (Wildman–Crippen LogP) is 0.600. The minimum atomic E-state index is -0.960. The van der Waals surface area contributed by atoms with Crippen molar-refractivity contribution in [3.63, 3.8) is 0 Å². The third-order valence-corrected chi connectivity index (χ3v) is 3.59. The lowest BCUT2D eigenvalue weighted by Crippen LogP contribution is -2.52. The maximum absolute atomic E-state index is 12.0. The molecule has 1 amide bonds. The largest absolute Gasteiger partial charge is 0.480 e. The molecule has 3 N–H and O–H groups in total. The van der Waals surface area contributed by atoms with Crippen molar-refractivity contribution in [3.05, 3.63) is 0 Å². The number of nitrogens with one attached hydrogen (secondary N) is 2. The molecule has 0 aromatic rings. The molecule has 0 aromatic heterocycles. The SMILES string of the molecule is CC[C@H](C)[C@H](NC(=O)C1NCCC1C)C(=O)O. The first-order chi connectivity index (χ1) is 7.97. The van der Waals surface area contributed by atoms with Crippen molar-refractivity contribution in [1.29, 1.82) is 0 Å². The lowest BCUT2D eigenvalue weighted by atomic mass is 9.97. The van der Waals surface area contributed by atoms with Gasteiger partial charge in [-0.2, -0.15) is 0 Å². The van der Waals surface area contributed by atoms with Gasteiger partial charge in [0.05, 0.1) is 6.04 Å². The Morgan fingerprint density at radius 1 is 1.53 bits per heavy atom. The van der Waals surface area contributed by atoms with Crippen LogP contribution in [0.2, 0.25) is 0 Å². The van der Waals surface area contributed by atoms with Gasteiger partial charge in [-0.3, -0.25) is 4.79 Å². The second kappa shape index (κ2) is 6.00. The van der Waals surface area contributed by atoms with E-state index >= 15 is 0 Å². The Labute approximate surface area is 102 Å². The standard InChI is InChI=1S/C12H22N2O3/c1-4-7(2)10(12(16)17)14-11(15)9-8(3)5-6-13-9/h7-10,13H,4-6H2,1-3H3,(H,14,15)(H,16,17)/t7-,8?,9?,10-/m0/s1. The van der Waals surface area contributed by atoms with Crippen molar-refractivity contribution in [3.8, 4) is 0 Å². The third-order valence-electron chi connectivity index (χ3n) is 3.59. The Kier molecular flexibility index (Phi) is 4.93. The fraction of sp³-hybridized carbons (Fsp3) is 0.833. The molecular formula is C12H22N2O3. The highest BCUT2D eigenvalue weighted by Gasteiger charge is 2.33. The molecule has 0 spiro atoms. The van der Waals surface area contributed by atoms with Crippen molar-refractivity contribution >= 4 is 11.9 Å². The minimum Gasteiger partial charge on any atom is -0.480 e. The molecule has 98 valence electrons. The van der Waals surface area contributed by atoms with Gasteiger partial charge in [-0.05, 0) is 24.8 Å². The van der Waals surface area contributed by atoms with Crippen LogP contribution < -0.4 is 10.6 Å². The summed E-state index contributed by atoms with van der Waals surface area (Å²) in [5.74, 6) is -0.949. The van der Waals surface area contributed by atoms with Crippen molar-refractivity contribution in [2.24, 2.45) is 11.8 Å². The van der Waals surface area contributed by atoms with E-state index in [1.54, 1.807) is 0 Å². The predicted molar refractivity (Wildman–Crippen MR) is 64.6 cm³/mol. The monoisotopic (exact) mass is 242 g/mol. The summed E-state index contributed by atoms with van der Waals surface area (Å²) in [4.78, 5) is 23.1. The van der Waals surface area contributed by atoms with Crippen molar-refractivity contribution < 1.29 is 14.7 Å². The lowest BCUT2D eigenvalue weighted by Gasteiger charge is -2.23. The van der Waals surface area contributed by atoms with Gasteiger partial charge >= 0.3 is 5.97 Å². The van der Waals surface area contributed by atoms with Crippen LogP contribution >= 0.6 is 0 Å². The number of carbonyl (C=O) groups excluding carboxylic acids is 1. The second-order valence-corrected chi connectivity index (χ2v) is 4.91. The summed E-state index contributed by atoms with van der Waals surface area (Å²) in [5, 5.41) is 14.8. The molecule has 1 saturated heterocycles. The number of amides is 1. The summed E-state index contributed by atoms with van der Waals surface area (Å²) in [6.45, 7) is 6.58. The molecule has 1 heterocycles. The fourth-order valence-electron chi connectivity index (χ4n) is 2.11. The van der Waals surface area contributed by atoms with E-state index in [2.05, 4.69) is 10.6 Å². The smallest absolute Gasteiger partial charge is 0.326 e. The number of hydrogen-bond donors (Lipinski definition) is 3. The Morgan fingerprint density at radius 3 is 2.59 bits per heavy atom. The zero-order valence-electron chi connectivity index (χ0n) is 10.7. The lowest BCUT2D eigenvalue weighted by molar-refractivity contribution is -0.143. The van der Waals surface area contributed by atoms with Gasteiger partial charge in [-0.15, -0.1) is 0 Å². The number of carboxylic acids is 1. The van der Waals surface area contributed by atoms with Crippen LogP contribution in [0.3, 0.4) is 0 Å². The van der Waals surface area contributed by atoms with E-state index in [4.69, 9.17) is 5.11 Å². The summed E-state index contributed by atoms with van der Waals surface area (Å²) < 4.78 is 0. The van der Waals surface area contributed by atoms with Crippen molar-refractivity contribution in [2.45, 2.75) is 45.7 Å². The maximum Gasteiger partial charge on any atom is 0.326 e. The van der Waals surface area contributed by atoms with E-state index < -0.39 is 12.0 Å². The molecule has 5 nitrogen and oxygen atoms in total. The first-order valence-electron chi connectivity index (χ1n) is 6.24. The van der Waals surface area contributed by atoms with Gasteiger partial charge in [-0.25, -0.2) is 4.79 Å². The van der Waals surface area contributed by atoms with Crippen LogP contribution in [0.25, 0.3) is 0 Å². The van der Waals surface area contributed by atoms with Gasteiger partial charge in [-0.1, -0.05) is 27.2 Å². The van der Waals surface area contributed by atoms with Gasteiger partial charge in [0.2, 0.25) is 5.91 Å². The van der Waals surface area contributed by atoms with E-state index in [9.17, 15) is 9.59 Å². The van der Waals surface area contributed by atoms with E-state index in [0.29, 0.717) is 0 Å². The Bertz CT molecular complexity index is 293. The molecule has 1 fully saturated rings. The molecule has 0 bridgehead atoms. The molecule has 1 rings (SSSR count). The molecule has 17 heavy (non-hydrogen) atoms. The summed E-state index contributed by atoms with van der Waals surface area (Å²) in [5.41, 5.74) is 0. The van der Waals surface area contributed by atoms with Crippen LogP contribution in [0.1, 0.15) is 33.6 Å². The average Bonchev–Trinajstić information content (AvgIpc) is 2.70. The number of carboxylic acid groups (broad SMARTS) is 1. The van der Waals surface area contributed by atoms with E-state index in [-0.39, 0.29) is 23.8 Å². The molecule has 1 aliphatic heterocycles. The zero-order valence-corrected chi connectivity index (χ0v) is 10.7.